The van der Waals surface area contributed by atoms with E-state index < -0.39 is 9.84 Å². The largest absolute Gasteiger partial charge is 0.356 e. The van der Waals surface area contributed by atoms with Gasteiger partial charge in [-0.3, -0.25) is 0 Å². The number of sulfone groups is 1. The van der Waals surface area contributed by atoms with Crippen LogP contribution in [0.5, 0.6) is 0 Å². The normalized spacial score (nSPS) is 24.5. The first-order valence-corrected chi connectivity index (χ1v) is 11.1. The quantitative estimate of drug-likeness (QED) is 0.855. The Balaban J connectivity index is 1.37. The molecule has 2 saturated carbocycles. The lowest BCUT2D eigenvalue weighted by molar-refractivity contribution is 0.340. The van der Waals surface area contributed by atoms with Crippen molar-refractivity contribution in [1.82, 2.24) is 15.0 Å². The van der Waals surface area contributed by atoms with Crippen molar-refractivity contribution >= 4 is 26.7 Å². The van der Waals surface area contributed by atoms with Crippen LogP contribution in [0.25, 0.3) is 11.0 Å². The Morgan fingerprint density at radius 2 is 1.72 bits per heavy atom. The van der Waals surface area contributed by atoms with Crippen LogP contribution >= 0.6 is 0 Å². The summed E-state index contributed by atoms with van der Waals surface area (Å²) in [4.78, 5) is 14.1. The zero-order chi connectivity index (χ0) is 17.4. The van der Waals surface area contributed by atoms with Crippen LogP contribution in [0.1, 0.15) is 38.5 Å². The Morgan fingerprint density at radius 1 is 1.08 bits per heavy atom. The predicted molar refractivity (Wildman–Crippen MR) is 99.4 cm³/mol. The van der Waals surface area contributed by atoms with Crippen molar-refractivity contribution in [1.29, 1.82) is 0 Å². The van der Waals surface area contributed by atoms with Gasteiger partial charge in [-0.2, -0.15) is 0 Å². The number of anilines is 1. The average molecular weight is 362 g/mol. The van der Waals surface area contributed by atoms with E-state index in [0.29, 0.717) is 29.4 Å². The molecular formula is C18H26N4O2S. The van der Waals surface area contributed by atoms with Crippen molar-refractivity contribution in [2.75, 3.05) is 23.5 Å². The van der Waals surface area contributed by atoms with Gasteiger partial charge in [-0.15, -0.1) is 0 Å². The highest BCUT2D eigenvalue weighted by Gasteiger charge is 2.32. The van der Waals surface area contributed by atoms with Crippen LogP contribution in [0, 0.1) is 11.8 Å². The molecule has 7 heteroatoms. The first kappa shape index (κ1) is 16.8. The van der Waals surface area contributed by atoms with Crippen LogP contribution in [0.3, 0.4) is 0 Å². The summed E-state index contributed by atoms with van der Waals surface area (Å²) in [6, 6.07) is 2.42. The number of nitrogens with one attached hydrogen (secondary N) is 1. The highest BCUT2D eigenvalue weighted by atomic mass is 32.2. The molecule has 0 saturated heterocycles. The highest BCUT2D eigenvalue weighted by molar-refractivity contribution is 7.91. The predicted octanol–water partition coefficient (Wildman–Crippen LogP) is 2.78. The van der Waals surface area contributed by atoms with E-state index in [4.69, 9.17) is 0 Å². The maximum Gasteiger partial charge on any atom is 0.150 e. The molecule has 25 heavy (non-hydrogen) atoms. The molecule has 2 aliphatic carbocycles. The minimum absolute atomic E-state index is 0.325. The summed E-state index contributed by atoms with van der Waals surface area (Å²) in [6.07, 6.45) is 9.71. The third kappa shape index (κ3) is 3.81. The summed E-state index contributed by atoms with van der Waals surface area (Å²) in [6.45, 7) is 0. The molecule has 0 amide bonds. The van der Waals surface area contributed by atoms with Crippen LogP contribution in [-0.2, 0) is 9.84 Å². The molecule has 0 spiro atoms. The lowest BCUT2D eigenvalue weighted by Gasteiger charge is -2.35. The molecule has 2 aromatic rings. The van der Waals surface area contributed by atoms with Crippen molar-refractivity contribution in [3.8, 4) is 0 Å². The summed E-state index contributed by atoms with van der Waals surface area (Å²) in [7, 11) is -0.781. The Bertz CT molecular complexity index is 836. The van der Waals surface area contributed by atoms with Gasteiger partial charge in [0, 0.05) is 19.3 Å². The smallest absolute Gasteiger partial charge is 0.150 e. The number of hydrogen-bond acceptors (Lipinski definition) is 5. The van der Waals surface area contributed by atoms with E-state index >= 15 is 0 Å². The van der Waals surface area contributed by atoms with E-state index in [1.165, 1.54) is 0 Å². The van der Waals surface area contributed by atoms with Gasteiger partial charge in [0.2, 0.25) is 0 Å². The van der Waals surface area contributed by atoms with E-state index in [0.717, 1.165) is 55.4 Å². The minimum Gasteiger partial charge on any atom is -0.356 e. The van der Waals surface area contributed by atoms with Crippen LogP contribution in [0.15, 0.2) is 18.6 Å². The first-order valence-electron chi connectivity index (χ1n) is 9.23. The summed E-state index contributed by atoms with van der Waals surface area (Å²) in [5.74, 6) is 2.53. The molecule has 136 valence electrons. The second-order valence-corrected chi connectivity index (χ2v) is 9.90. The van der Waals surface area contributed by atoms with Gasteiger partial charge in [-0.1, -0.05) is 0 Å². The van der Waals surface area contributed by atoms with Crippen molar-refractivity contribution in [2.24, 2.45) is 11.8 Å². The van der Waals surface area contributed by atoms with Gasteiger partial charge in [0.15, 0.2) is 9.84 Å². The maximum absolute atomic E-state index is 12.3. The minimum atomic E-state index is -2.87. The highest BCUT2D eigenvalue weighted by Crippen LogP contribution is 2.34. The molecule has 0 bridgehead atoms. The zero-order valence-electron chi connectivity index (χ0n) is 14.7. The van der Waals surface area contributed by atoms with Crippen LogP contribution in [-0.4, -0.2) is 48.0 Å². The fraction of sp³-hybridized carbons (Fsp3) is 0.667. The van der Waals surface area contributed by atoms with Crippen LogP contribution in [0.2, 0.25) is 0 Å². The van der Waals surface area contributed by atoms with Crippen molar-refractivity contribution < 1.29 is 8.42 Å². The topological polar surface area (TPSA) is 79.0 Å². The second-order valence-electron chi connectivity index (χ2n) is 7.74. The number of rotatable bonds is 6. The zero-order valence-corrected chi connectivity index (χ0v) is 15.5. The molecule has 0 unspecified atom stereocenters. The molecule has 0 atom stereocenters. The fourth-order valence-electron chi connectivity index (χ4n) is 4.08. The van der Waals surface area contributed by atoms with Gasteiger partial charge >= 0.3 is 0 Å². The lowest BCUT2D eigenvalue weighted by atomic mass is 9.86. The van der Waals surface area contributed by atoms with E-state index in [9.17, 15) is 8.42 Å². The molecule has 2 aliphatic rings. The second kappa shape index (κ2) is 6.59. The molecule has 1 N–H and O–H groups in total. The van der Waals surface area contributed by atoms with E-state index in [1.54, 1.807) is 6.33 Å². The maximum atomic E-state index is 12.3. The Kier molecular flexibility index (Phi) is 4.43. The average Bonchev–Trinajstić information content (AvgIpc) is 3.25. The van der Waals surface area contributed by atoms with Crippen molar-refractivity contribution in [3.63, 3.8) is 0 Å². The summed E-state index contributed by atoms with van der Waals surface area (Å²) in [5.41, 5.74) is 0.858. The number of aromatic amines is 1. The first-order chi connectivity index (χ1) is 12.0. The number of nitrogens with zero attached hydrogens (tertiary/aromatic N) is 3. The number of H-pyrrole nitrogens is 1. The molecule has 6 nitrogen and oxygen atoms in total. The van der Waals surface area contributed by atoms with E-state index in [1.807, 2.05) is 12.3 Å². The molecule has 0 aliphatic heterocycles. The van der Waals surface area contributed by atoms with E-state index in [2.05, 4.69) is 26.9 Å². The summed E-state index contributed by atoms with van der Waals surface area (Å²) >= 11 is 0. The molecule has 2 aromatic heterocycles. The molecule has 4 rings (SSSR count). The SMILES string of the molecule is CN(c1ncnc2[nH]ccc12)C1CCC(CS(=O)(=O)CC2CC2)CC1. The van der Waals surface area contributed by atoms with E-state index in [-0.39, 0.29) is 0 Å². The molecule has 2 fully saturated rings. The summed E-state index contributed by atoms with van der Waals surface area (Å²) < 4.78 is 24.5. The molecule has 2 heterocycles. The molecule has 0 aromatic carbocycles. The third-order valence-electron chi connectivity index (χ3n) is 5.71. The molecule has 0 radical (unpaired) electrons. The third-order valence-corrected chi connectivity index (χ3v) is 7.67. The van der Waals surface area contributed by atoms with Crippen molar-refractivity contribution in [3.05, 3.63) is 18.6 Å². The van der Waals surface area contributed by atoms with Gasteiger partial charge in [-0.05, 0) is 56.4 Å². The van der Waals surface area contributed by atoms with Gasteiger partial charge in [0.1, 0.15) is 17.8 Å². The number of hydrogen-bond donors (Lipinski definition) is 1. The Hall–Kier alpha value is -1.63. The number of fused-ring (bicyclic) bond motifs is 1. The van der Waals surface area contributed by atoms with Gasteiger partial charge < -0.3 is 9.88 Å². The fourth-order valence-corrected chi connectivity index (χ4v) is 6.32. The monoisotopic (exact) mass is 362 g/mol. The van der Waals surface area contributed by atoms with Gasteiger partial charge in [0.05, 0.1) is 16.9 Å². The van der Waals surface area contributed by atoms with Gasteiger partial charge in [0.25, 0.3) is 0 Å². The lowest BCUT2D eigenvalue weighted by Crippen LogP contribution is -2.37. The van der Waals surface area contributed by atoms with Crippen LogP contribution < -0.4 is 4.90 Å². The van der Waals surface area contributed by atoms with Gasteiger partial charge in [-0.25, -0.2) is 18.4 Å². The summed E-state index contributed by atoms with van der Waals surface area (Å²) in [5, 5.41) is 1.04. The Labute approximate surface area is 149 Å². The van der Waals surface area contributed by atoms with Crippen molar-refractivity contribution in [2.45, 2.75) is 44.6 Å². The number of aromatic nitrogens is 3. The standard InChI is InChI=1S/C18H26N4O2S/c1-22(18-16-8-9-19-17(16)20-12-21-18)15-6-4-14(5-7-15)11-25(23,24)10-13-2-3-13/h8-9,12-15H,2-7,10-11H2,1H3,(H,19,20,21). The molecular weight excluding hydrogens is 336 g/mol. The van der Waals surface area contributed by atoms with Crippen LogP contribution in [0.4, 0.5) is 5.82 Å². The Morgan fingerprint density at radius 3 is 2.36 bits per heavy atom.